The summed E-state index contributed by atoms with van der Waals surface area (Å²) in [7, 11) is 1.64. The van der Waals surface area contributed by atoms with Crippen molar-refractivity contribution in [2.45, 2.75) is 48.3 Å². The molecule has 7 nitrogen and oxygen atoms in total. The number of fused-ring (bicyclic) bond motifs is 4. The second-order valence-electron chi connectivity index (χ2n) is 9.25. The number of nitrogens with zero attached hydrogens (tertiary/aromatic N) is 3. The topological polar surface area (TPSA) is 88.7 Å². The van der Waals surface area contributed by atoms with E-state index in [4.69, 9.17) is 9.72 Å². The van der Waals surface area contributed by atoms with E-state index in [1.165, 1.54) is 36.7 Å². The highest BCUT2D eigenvalue weighted by atomic mass is 35.5. The van der Waals surface area contributed by atoms with Gasteiger partial charge in [0.15, 0.2) is 0 Å². The summed E-state index contributed by atoms with van der Waals surface area (Å²) in [5, 5.41) is 24.3. The van der Waals surface area contributed by atoms with Crippen LogP contribution in [0.5, 0.6) is 5.75 Å². The lowest BCUT2D eigenvalue weighted by Crippen LogP contribution is -2.55. The number of benzene rings is 2. The van der Waals surface area contributed by atoms with Crippen LogP contribution in [0.1, 0.15) is 37.9 Å². The molecule has 3 saturated heterocycles. The number of aromatic nitrogens is 1. The second kappa shape index (κ2) is 10.7. The Morgan fingerprint density at radius 1 is 1.26 bits per heavy atom. The van der Waals surface area contributed by atoms with Crippen molar-refractivity contribution >= 4 is 40.8 Å². The highest BCUT2D eigenvalue weighted by Crippen LogP contribution is 2.43. The Morgan fingerprint density at radius 3 is 2.66 bits per heavy atom. The minimum Gasteiger partial charge on any atom is -0.497 e. The lowest BCUT2D eigenvalue weighted by molar-refractivity contribution is -0.384. The van der Waals surface area contributed by atoms with Gasteiger partial charge in [-0.3, -0.25) is 15.0 Å². The summed E-state index contributed by atoms with van der Waals surface area (Å²) < 4.78 is 5.46. The number of ether oxygens (including phenoxy) is 1. The lowest BCUT2D eigenvalue weighted by atomic mass is 9.72. The zero-order valence-electron chi connectivity index (χ0n) is 19.8. The predicted octanol–water partition coefficient (Wildman–Crippen LogP) is 5.88. The van der Waals surface area contributed by atoms with Crippen LogP contribution in [0.3, 0.4) is 0 Å². The molecule has 2 aromatic carbocycles. The molecule has 9 heteroatoms. The van der Waals surface area contributed by atoms with Gasteiger partial charge in [0.1, 0.15) is 10.8 Å². The molecule has 5 atom stereocenters. The Labute approximate surface area is 215 Å². The number of methoxy groups -OCH3 is 1. The van der Waals surface area contributed by atoms with Gasteiger partial charge in [-0.05, 0) is 73.2 Å². The van der Waals surface area contributed by atoms with Crippen molar-refractivity contribution < 1.29 is 14.8 Å². The highest BCUT2D eigenvalue weighted by molar-refractivity contribution is 7.99. The predicted molar refractivity (Wildman–Crippen MR) is 140 cm³/mol. The minimum atomic E-state index is -0.630. The molecule has 2 bridgehead atoms. The maximum atomic E-state index is 11.7. The molecule has 0 spiro atoms. The first-order valence-electron chi connectivity index (χ1n) is 11.8. The Bertz CT molecular complexity index is 1210. The number of hydrogen-bond acceptors (Lipinski definition) is 7. The van der Waals surface area contributed by atoms with Crippen LogP contribution in [-0.4, -0.2) is 46.2 Å². The molecular weight excluding hydrogens is 486 g/mol. The van der Waals surface area contributed by atoms with Gasteiger partial charge in [0.2, 0.25) is 0 Å². The average molecular weight is 516 g/mol. The summed E-state index contributed by atoms with van der Waals surface area (Å²) >= 11 is 1.44. The first-order chi connectivity index (χ1) is 16.5. The molecule has 0 radical (unpaired) electrons. The molecule has 3 aliphatic heterocycles. The SMILES string of the molecule is CC[C@H]1CN2CC[C@H]1C[C@H]2[C@H](O)c1cc(Sc2ccc([N+](=O)[O-])cc2)nc2ccc(OC)cc12.Cl. The molecule has 0 saturated carbocycles. The van der Waals surface area contributed by atoms with Crippen molar-refractivity contribution in [3.8, 4) is 5.75 Å². The van der Waals surface area contributed by atoms with Crippen molar-refractivity contribution in [1.82, 2.24) is 9.88 Å². The zero-order chi connectivity index (χ0) is 23.8. The summed E-state index contributed by atoms with van der Waals surface area (Å²) in [6, 6.07) is 14.3. The van der Waals surface area contributed by atoms with Crippen LogP contribution in [0.4, 0.5) is 5.69 Å². The first-order valence-corrected chi connectivity index (χ1v) is 12.6. The minimum absolute atomic E-state index is 0. The number of nitro groups is 1. The molecule has 0 aliphatic carbocycles. The second-order valence-corrected chi connectivity index (χ2v) is 10.3. The van der Waals surface area contributed by atoms with Gasteiger partial charge in [0.05, 0.1) is 23.7 Å². The fourth-order valence-corrected chi connectivity index (χ4v) is 6.41. The molecule has 35 heavy (non-hydrogen) atoms. The van der Waals surface area contributed by atoms with Gasteiger partial charge in [-0.15, -0.1) is 12.4 Å². The fourth-order valence-electron chi connectivity index (χ4n) is 5.56. The molecule has 3 fully saturated rings. The normalized spacial score (nSPS) is 24.1. The average Bonchev–Trinajstić information content (AvgIpc) is 2.88. The van der Waals surface area contributed by atoms with Crippen molar-refractivity contribution in [2.75, 3.05) is 20.2 Å². The summed E-state index contributed by atoms with van der Waals surface area (Å²) in [5.41, 5.74) is 1.72. The van der Waals surface area contributed by atoms with Gasteiger partial charge in [0, 0.05) is 35.0 Å². The molecule has 1 aromatic heterocycles. The van der Waals surface area contributed by atoms with Crippen LogP contribution in [0.15, 0.2) is 58.5 Å². The van der Waals surface area contributed by atoms with Crippen molar-refractivity contribution in [2.24, 2.45) is 11.8 Å². The zero-order valence-corrected chi connectivity index (χ0v) is 21.4. The van der Waals surface area contributed by atoms with E-state index in [0.717, 1.165) is 57.6 Å². The van der Waals surface area contributed by atoms with Gasteiger partial charge >= 0.3 is 0 Å². The number of rotatable bonds is 7. The van der Waals surface area contributed by atoms with Gasteiger partial charge in [0.25, 0.3) is 5.69 Å². The van der Waals surface area contributed by atoms with E-state index < -0.39 is 11.0 Å². The number of halogens is 1. The number of aliphatic hydroxyl groups is 1. The summed E-state index contributed by atoms with van der Waals surface area (Å²) in [6.45, 7) is 4.36. The number of pyridine rings is 1. The molecule has 0 amide bonds. The number of piperidine rings is 3. The number of nitro benzene ring substituents is 1. The third-order valence-electron chi connectivity index (χ3n) is 7.44. The van der Waals surface area contributed by atoms with E-state index in [1.54, 1.807) is 19.2 Å². The maximum absolute atomic E-state index is 11.7. The molecule has 3 aromatic rings. The van der Waals surface area contributed by atoms with E-state index in [9.17, 15) is 15.2 Å². The smallest absolute Gasteiger partial charge is 0.269 e. The molecular formula is C26H30ClN3O4S. The van der Waals surface area contributed by atoms with Crippen LogP contribution in [0, 0.1) is 22.0 Å². The van der Waals surface area contributed by atoms with Crippen LogP contribution < -0.4 is 4.74 Å². The third-order valence-corrected chi connectivity index (χ3v) is 8.36. The Balaban J connectivity index is 0.00000289. The van der Waals surface area contributed by atoms with Crippen molar-refractivity contribution in [1.29, 1.82) is 0 Å². The maximum Gasteiger partial charge on any atom is 0.269 e. The molecule has 1 N–H and O–H groups in total. The third kappa shape index (κ3) is 5.11. The Morgan fingerprint density at radius 2 is 2.03 bits per heavy atom. The Hall–Kier alpha value is -2.39. The number of non-ortho nitro benzene ring substituents is 1. The van der Waals surface area contributed by atoms with Gasteiger partial charge in [-0.25, -0.2) is 4.98 Å². The summed E-state index contributed by atoms with van der Waals surface area (Å²) in [6.07, 6.45) is 2.79. The van der Waals surface area contributed by atoms with E-state index in [2.05, 4.69) is 11.8 Å². The van der Waals surface area contributed by atoms with Crippen LogP contribution >= 0.6 is 24.2 Å². The quantitative estimate of drug-likeness (QED) is 0.310. The number of aliphatic hydroxyl groups excluding tert-OH is 1. The molecule has 186 valence electrons. The van der Waals surface area contributed by atoms with Crippen LogP contribution in [-0.2, 0) is 0 Å². The highest BCUT2D eigenvalue weighted by Gasteiger charge is 2.42. The van der Waals surface area contributed by atoms with E-state index >= 15 is 0 Å². The lowest BCUT2D eigenvalue weighted by Gasteiger charge is -2.51. The van der Waals surface area contributed by atoms with E-state index in [1.807, 2.05) is 24.3 Å². The summed E-state index contributed by atoms with van der Waals surface area (Å²) in [4.78, 5) is 18.7. The first kappa shape index (κ1) is 25.7. The van der Waals surface area contributed by atoms with Crippen molar-refractivity contribution in [3.63, 3.8) is 0 Å². The molecule has 3 aliphatic rings. The largest absolute Gasteiger partial charge is 0.497 e. The van der Waals surface area contributed by atoms with Gasteiger partial charge in [-0.2, -0.15) is 0 Å². The molecule has 6 rings (SSSR count). The molecule has 1 unspecified atom stereocenters. The van der Waals surface area contributed by atoms with Gasteiger partial charge < -0.3 is 9.84 Å². The monoisotopic (exact) mass is 515 g/mol. The van der Waals surface area contributed by atoms with Gasteiger partial charge in [-0.1, -0.05) is 25.1 Å². The van der Waals surface area contributed by atoms with Crippen LogP contribution in [0.25, 0.3) is 10.9 Å². The van der Waals surface area contributed by atoms with Crippen LogP contribution in [0.2, 0.25) is 0 Å². The molecule has 4 heterocycles. The van der Waals surface area contributed by atoms with E-state index in [-0.39, 0.29) is 24.1 Å². The fraction of sp³-hybridized carbons (Fsp3) is 0.423. The van der Waals surface area contributed by atoms with Crippen molar-refractivity contribution in [3.05, 3.63) is 64.2 Å². The summed E-state index contributed by atoms with van der Waals surface area (Å²) in [5.74, 6) is 2.13. The van der Waals surface area contributed by atoms with E-state index in [0.29, 0.717) is 5.92 Å². The standard InChI is InChI=1S/C26H29N3O4S.ClH/c1-3-16-15-28-11-10-17(16)12-24(28)26(30)22-14-25(27-23-9-6-19(33-2)13-21(22)23)34-20-7-4-18(5-8-20)29(31)32;/h4-9,13-14,16-17,24,26,30H,3,10-12,15H2,1-2H3;1H/t16-,17-,24-,26+;/m0./s1. The number of hydrogen-bond donors (Lipinski definition) is 1. The Kier molecular flexibility index (Phi) is 7.86.